The number of halogens is 1. The molecule has 2 fully saturated rings. The van der Waals surface area contributed by atoms with Crippen molar-refractivity contribution in [2.24, 2.45) is 11.8 Å². The van der Waals surface area contributed by atoms with Crippen LogP contribution in [0.25, 0.3) is 0 Å². The molecule has 0 radical (unpaired) electrons. The predicted molar refractivity (Wildman–Crippen MR) is 110 cm³/mol. The zero-order chi connectivity index (χ0) is 20.4. The second-order valence-electron chi connectivity index (χ2n) is 7.77. The number of carbonyl (C=O) groups excluding carboxylic acids is 1. The summed E-state index contributed by atoms with van der Waals surface area (Å²) < 4.78 is 1.64. The van der Waals surface area contributed by atoms with Gasteiger partial charge in [0, 0.05) is 31.2 Å². The highest BCUT2D eigenvalue weighted by molar-refractivity contribution is 6.32. The van der Waals surface area contributed by atoms with Gasteiger partial charge in [0.15, 0.2) is 5.82 Å². The number of nitrogens with one attached hydrogen (secondary N) is 2. The molecule has 2 unspecified atom stereocenters. The number of aliphatic hydroxyl groups excluding tert-OH is 1. The van der Waals surface area contributed by atoms with E-state index in [1.165, 1.54) is 0 Å². The van der Waals surface area contributed by atoms with E-state index < -0.39 is 0 Å². The van der Waals surface area contributed by atoms with E-state index in [1.54, 1.807) is 23.3 Å². The maximum atomic E-state index is 12.0. The minimum atomic E-state index is 0.0262. The van der Waals surface area contributed by atoms with E-state index in [-0.39, 0.29) is 24.5 Å². The van der Waals surface area contributed by atoms with Gasteiger partial charge in [0.05, 0.1) is 31.2 Å². The van der Waals surface area contributed by atoms with Gasteiger partial charge in [-0.05, 0) is 32.1 Å². The summed E-state index contributed by atoms with van der Waals surface area (Å²) in [6.45, 7) is 4.15. The fourth-order valence-electron chi connectivity index (χ4n) is 3.62. The summed E-state index contributed by atoms with van der Waals surface area (Å²) in [7, 11) is 0. The molecule has 2 aromatic heterocycles. The summed E-state index contributed by atoms with van der Waals surface area (Å²) in [5, 5.41) is 19.9. The second-order valence-corrected chi connectivity index (χ2v) is 8.18. The Bertz CT molecular complexity index is 870. The molecule has 2 aromatic rings. The molecule has 10 heteroatoms. The Morgan fingerprint density at radius 3 is 2.97 bits per heavy atom. The number of amides is 1. The lowest BCUT2D eigenvalue weighted by molar-refractivity contribution is -0.123. The molecule has 3 N–H and O–H groups in total. The number of rotatable bonds is 8. The van der Waals surface area contributed by atoms with Crippen molar-refractivity contribution in [2.45, 2.75) is 38.8 Å². The molecule has 1 aliphatic heterocycles. The molecule has 1 saturated heterocycles. The van der Waals surface area contributed by atoms with Crippen LogP contribution in [0.15, 0.2) is 18.6 Å². The van der Waals surface area contributed by atoms with Crippen LogP contribution in [0.1, 0.15) is 26.2 Å². The third-order valence-corrected chi connectivity index (χ3v) is 5.76. The monoisotopic (exact) mass is 419 g/mol. The minimum absolute atomic E-state index is 0.0262. The van der Waals surface area contributed by atoms with Gasteiger partial charge in [0.2, 0.25) is 11.9 Å². The number of carbonyl (C=O) groups is 1. The van der Waals surface area contributed by atoms with E-state index in [2.05, 4.69) is 37.5 Å². The van der Waals surface area contributed by atoms with Crippen molar-refractivity contribution < 1.29 is 9.90 Å². The highest BCUT2D eigenvalue weighted by Crippen LogP contribution is 2.32. The summed E-state index contributed by atoms with van der Waals surface area (Å²) >= 11 is 6.38. The zero-order valence-corrected chi connectivity index (χ0v) is 17.1. The fourth-order valence-corrected chi connectivity index (χ4v) is 3.83. The zero-order valence-electron chi connectivity index (χ0n) is 16.4. The highest BCUT2D eigenvalue weighted by atomic mass is 35.5. The van der Waals surface area contributed by atoms with Gasteiger partial charge in [-0.25, -0.2) is 4.98 Å². The lowest BCUT2D eigenvalue weighted by atomic mass is 10.0. The average Bonchev–Trinajstić information content (AvgIpc) is 3.28. The second kappa shape index (κ2) is 8.54. The van der Waals surface area contributed by atoms with Crippen LogP contribution in [0.4, 0.5) is 17.5 Å². The van der Waals surface area contributed by atoms with Gasteiger partial charge in [0.25, 0.3) is 0 Å². The van der Waals surface area contributed by atoms with Crippen LogP contribution in [0.2, 0.25) is 5.02 Å². The first-order valence-electron chi connectivity index (χ1n) is 10.0. The Balaban J connectivity index is 1.40. The van der Waals surface area contributed by atoms with Crippen LogP contribution in [0.5, 0.6) is 0 Å². The van der Waals surface area contributed by atoms with Crippen molar-refractivity contribution in [3.63, 3.8) is 0 Å². The molecule has 9 nitrogen and oxygen atoms in total. The summed E-state index contributed by atoms with van der Waals surface area (Å²) in [6, 6.07) is 0.128. The lowest BCUT2D eigenvalue weighted by Gasteiger charge is -2.23. The average molecular weight is 420 g/mol. The quantitative estimate of drug-likeness (QED) is 0.598. The Labute approximate surface area is 174 Å². The Hall–Kier alpha value is -2.39. The standard InChI is InChI=1S/C19H26ClN7O2/c1-12(23-18(29)13-2-3-13)14-4-5-26(10-14)17-16(20)9-21-19(25-17)24-15-8-22-27(11-15)6-7-28/h8-9,11-14,28H,2-7,10H2,1H3,(H,23,29)(H,21,24,25). The van der Waals surface area contributed by atoms with Crippen molar-refractivity contribution in [1.82, 2.24) is 25.1 Å². The van der Waals surface area contributed by atoms with Crippen molar-refractivity contribution >= 4 is 35.0 Å². The highest BCUT2D eigenvalue weighted by Gasteiger charge is 2.34. The van der Waals surface area contributed by atoms with E-state index >= 15 is 0 Å². The van der Waals surface area contributed by atoms with E-state index in [0.29, 0.717) is 29.3 Å². The number of anilines is 3. The van der Waals surface area contributed by atoms with E-state index in [9.17, 15) is 4.79 Å². The van der Waals surface area contributed by atoms with Gasteiger partial charge in [-0.3, -0.25) is 9.48 Å². The van der Waals surface area contributed by atoms with Crippen molar-refractivity contribution in [2.75, 3.05) is 29.9 Å². The number of nitrogens with zero attached hydrogens (tertiary/aromatic N) is 5. The Kier molecular flexibility index (Phi) is 5.86. The van der Waals surface area contributed by atoms with Gasteiger partial charge >= 0.3 is 0 Å². The minimum Gasteiger partial charge on any atom is -0.394 e. The third-order valence-electron chi connectivity index (χ3n) is 5.49. The normalized spacial score (nSPS) is 20.0. The Morgan fingerprint density at radius 2 is 2.21 bits per heavy atom. The molecule has 0 aromatic carbocycles. The number of aliphatic hydroxyl groups is 1. The summed E-state index contributed by atoms with van der Waals surface area (Å²) in [5.41, 5.74) is 0.738. The number of hydrogen-bond donors (Lipinski definition) is 3. The molecule has 3 heterocycles. The van der Waals surface area contributed by atoms with Gasteiger partial charge in [-0.2, -0.15) is 10.1 Å². The van der Waals surface area contributed by atoms with Crippen molar-refractivity contribution in [3.05, 3.63) is 23.6 Å². The molecule has 1 amide bonds. The smallest absolute Gasteiger partial charge is 0.229 e. The Morgan fingerprint density at radius 1 is 1.38 bits per heavy atom. The third kappa shape index (κ3) is 4.79. The molecule has 1 saturated carbocycles. The van der Waals surface area contributed by atoms with Gasteiger partial charge in [-0.1, -0.05) is 11.6 Å². The molecular weight excluding hydrogens is 394 g/mol. The van der Waals surface area contributed by atoms with Gasteiger partial charge < -0.3 is 20.6 Å². The predicted octanol–water partition coefficient (Wildman–Crippen LogP) is 1.80. The van der Waals surface area contributed by atoms with Crippen LogP contribution < -0.4 is 15.5 Å². The van der Waals surface area contributed by atoms with E-state index in [4.69, 9.17) is 16.7 Å². The van der Waals surface area contributed by atoms with Gasteiger partial charge in [-0.15, -0.1) is 0 Å². The van der Waals surface area contributed by atoms with Crippen molar-refractivity contribution in [3.8, 4) is 0 Å². The molecule has 4 rings (SSSR count). The maximum absolute atomic E-state index is 12.0. The van der Waals surface area contributed by atoms with Crippen LogP contribution in [0, 0.1) is 11.8 Å². The first kappa shape index (κ1) is 19.9. The summed E-state index contributed by atoms with van der Waals surface area (Å²) in [6.07, 6.45) is 8.04. The molecular formula is C19H26ClN7O2. The molecule has 2 aliphatic rings. The van der Waals surface area contributed by atoms with Gasteiger partial charge in [0.1, 0.15) is 5.02 Å². The summed E-state index contributed by atoms with van der Waals surface area (Å²) in [5.74, 6) is 1.89. The fraction of sp³-hybridized carbons (Fsp3) is 0.579. The van der Waals surface area contributed by atoms with Crippen LogP contribution in [-0.2, 0) is 11.3 Å². The van der Waals surface area contributed by atoms with Crippen molar-refractivity contribution in [1.29, 1.82) is 0 Å². The van der Waals surface area contributed by atoms with E-state index in [0.717, 1.165) is 38.0 Å². The summed E-state index contributed by atoms with van der Waals surface area (Å²) in [4.78, 5) is 23.0. The number of aromatic nitrogens is 4. The molecule has 0 bridgehead atoms. The maximum Gasteiger partial charge on any atom is 0.229 e. The first-order valence-corrected chi connectivity index (χ1v) is 10.4. The number of hydrogen-bond acceptors (Lipinski definition) is 7. The molecule has 29 heavy (non-hydrogen) atoms. The molecule has 1 aliphatic carbocycles. The first-order chi connectivity index (χ1) is 14.0. The van der Waals surface area contributed by atoms with E-state index in [1.807, 2.05) is 0 Å². The van der Waals surface area contributed by atoms with Crippen LogP contribution in [0.3, 0.4) is 0 Å². The molecule has 156 valence electrons. The SMILES string of the molecule is CC(NC(=O)C1CC1)C1CCN(c2nc(Nc3cnn(CCO)c3)ncc2Cl)C1. The topological polar surface area (TPSA) is 108 Å². The van der Waals surface area contributed by atoms with Crippen LogP contribution in [-0.4, -0.2) is 56.5 Å². The largest absolute Gasteiger partial charge is 0.394 e. The van der Waals surface area contributed by atoms with Crippen LogP contribution >= 0.6 is 11.6 Å². The molecule has 2 atom stereocenters. The molecule has 0 spiro atoms. The lowest BCUT2D eigenvalue weighted by Crippen LogP contribution is -2.40.